The lowest BCUT2D eigenvalue weighted by molar-refractivity contribution is 0.0633. The summed E-state index contributed by atoms with van der Waals surface area (Å²) in [6.45, 7) is 3.98. The van der Waals surface area contributed by atoms with Crippen molar-refractivity contribution in [3.05, 3.63) is 23.7 Å². The van der Waals surface area contributed by atoms with E-state index in [1.54, 1.807) is 6.26 Å². The molecule has 0 radical (unpaired) electrons. The highest BCUT2D eigenvalue weighted by molar-refractivity contribution is 5.75. The average Bonchev–Trinajstić information content (AvgIpc) is 3.04. The number of nitrogens with zero attached hydrogens (tertiary/aromatic N) is 2. The van der Waals surface area contributed by atoms with Crippen LogP contribution in [0, 0.1) is 0 Å². The van der Waals surface area contributed by atoms with E-state index in [2.05, 4.69) is 10.2 Å². The van der Waals surface area contributed by atoms with E-state index in [9.17, 15) is 4.79 Å². The van der Waals surface area contributed by atoms with Crippen LogP contribution in [0.4, 0.5) is 4.79 Å². The van der Waals surface area contributed by atoms with Gasteiger partial charge in [-0.15, -0.1) is 0 Å². The van der Waals surface area contributed by atoms with Crippen LogP contribution in [0.1, 0.15) is 49.5 Å². The topological polar surface area (TPSA) is 48.7 Å². The summed E-state index contributed by atoms with van der Waals surface area (Å²) in [5.41, 5.74) is 1.18. The van der Waals surface area contributed by atoms with E-state index < -0.39 is 0 Å². The standard InChI is InChI=1S/C17H25N3O2/c21-17(18-15-5-3-6-16-14(15)7-11-22-16)20-10-9-19-8-2-1-4-13(19)12-20/h7,11,13,15H,1-6,8-10,12H2,(H,18,21)/t13-,15+/m0/s1. The van der Waals surface area contributed by atoms with Crippen LogP contribution < -0.4 is 5.32 Å². The molecule has 5 heteroatoms. The Morgan fingerprint density at radius 1 is 1.18 bits per heavy atom. The molecule has 0 unspecified atom stereocenters. The Balaban J connectivity index is 1.39. The number of carbonyl (C=O) groups excluding carboxylic acids is 1. The van der Waals surface area contributed by atoms with Crippen LogP contribution >= 0.6 is 0 Å². The molecule has 0 bridgehead atoms. The summed E-state index contributed by atoms with van der Waals surface area (Å²) >= 11 is 0. The first kappa shape index (κ1) is 14.1. The van der Waals surface area contributed by atoms with Crippen molar-refractivity contribution in [2.75, 3.05) is 26.2 Å². The summed E-state index contributed by atoms with van der Waals surface area (Å²) in [6.07, 6.45) is 8.69. The Morgan fingerprint density at radius 3 is 3.09 bits per heavy atom. The SMILES string of the molecule is O=C(N[C@@H]1CCCc2occc21)N1CCN2CCCC[C@H]2C1. The second-order valence-electron chi connectivity index (χ2n) is 6.83. The third kappa shape index (κ3) is 2.62. The number of nitrogens with one attached hydrogen (secondary N) is 1. The average molecular weight is 303 g/mol. The Morgan fingerprint density at radius 2 is 2.14 bits per heavy atom. The number of urea groups is 1. The number of furan rings is 1. The minimum absolute atomic E-state index is 0.101. The van der Waals surface area contributed by atoms with Crippen molar-refractivity contribution in [2.45, 2.75) is 50.6 Å². The first-order valence-corrected chi connectivity index (χ1v) is 8.67. The maximum Gasteiger partial charge on any atom is 0.317 e. The lowest BCUT2D eigenvalue weighted by atomic mass is 9.93. The second-order valence-corrected chi connectivity index (χ2v) is 6.83. The van der Waals surface area contributed by atoms with E-state index >= 15 is 0 Å². The minimum Gasteiger partial charge on any atom is -0.469 e. The predicted molar refractivity (Wildman–Crippen MR) is 83.7 cm³/mol. The van der Waals surface area contributed by atoms with Gasteiger partial charge >= 0.3 is 6.03 Å². The van der Waals surface area contributed by atoms with Crippen LogP contribution in [0.2, 0.25) is 0 Å². The van der Waals surface area contributed by atoms with Gasteiger partial charge in [-0.05, 0) is 38.3 Å². The molecule has 5 nitrogen and oxygen atoms in total. The number of amides is 2. The summed E-state index contributed by atoms with van der Waals surface area (Å²) in [7, 11) is 0. The number of hydrogen-bond donors (Lipinski definition) is 1. The van der Waals surface area contributed by atoms with Gasteiger partial charge in [0.2, 0.25) is 0 Å². The maximum absolute atomic E-state index is 12.6. The molecule has 22 heavy (non-hydrogen) atoms. The molecular weight excluding hydrogens is 278 g/mol. The summed E-state index contributed by atoms with van der Waals surface area (Å²) in [5.74, 6) is 1.05. The van der Waals surface area contributed by atoms with Crippen LogP contribution in [-0.4, -0.2) is 48.1 Å². The molecule has 1 N–H and O–H groups in total. The molecule has 1 aromatic heterocycles. The molecule has 0 spiro atoms. The van der Waals surface area contributed by atoms with Gasteiger partial charge in [0.25, 0.3) is 0 Å². The Labute approximate surface area is 131 Å². The van der Waals surface area contributed by atoms with E-state index in [4.69, 9.17) is 4.42 Å². The van der Waals surface area contributed by atoms with E-state index in [1.807, 2.05) is 11.0 Å². The Kier molecular flexibility index (Phi) is 3.82. The third-order valence-electron chi connectivity index (χ3n) is 5.47. The number of piperazine rings is 1. The van der Waals surface area contributed by atoms with Gasteiger partial charge in [-0.3, -0.25) is 4.90 Å². The van der Waals surface area contributed by atoms with Crippen molar-refractivity contribution in [2.24, 2.45) is 0 Å². The van der Waals surface area contributed by atoms with Crippen LogP contribution in [-0.2, 0) is 6.42 Å². The van der Waals surface area contributed by atoms with Crippen LogP contribution in [0.25, 0.3) is 0 Å². The van der Waals surface area contributed by atoms with E-state index in [0.29, 0.717) is 6.04 Å². The summed E-state index contributed by atoms with van der Waals surface area (Å²) in [4.78, 5) is 17.2. The fourth-order valence-electron chi connectivity index (χ4n) is 4.22. The first-order valence-electron chi connectivity index (χ1n) is 8.67. The summed E-state index contributed by atoms with van der Waals surface area (Å²) < 4.78 is 5.51. The van der Waals surface area contributed by atoms with Crippen LogP contribution in [0.15, 0.2) is 16.7 Å². The zero-order chi connectivity index (χ0) is 14.9. The minimum atomic E-state index is 0.101. The molecule has 1 aromatic rings. The highest BCUT2D eigenvalue weighted by Crippen LogP contribution is 2.30. The molecular formula is C17H25N3O2. The van der Waals surface area contributed by atoms with Crippen molar-refractivity contribution in [1.82, 2.24) is 15.1 Å². The summed E-state index contributed by atoms with van der Waals surface area (Å²) in [6, 6.07) is 2.81. The van der Waals surface area contributed by atoms with Crippen molar-refractivity contribution < 1.29 is 9.21 Å². The van der Waals surface area contributed by atoms with Crippen LogP contribution in [0.5, 0.6) is 0 Å². The fourth-order valence-corrected chi connectivity index (χ4v) is 4.22. The number of piperidine rings is 1. The first-order chi connectivity index (χ1) is 10.8. The Hall–Kier alpha value is -1.49. The molecule has 4 rings (SSSR count). The lowest BCUT2D eigenvalue weighted by Gasteiger charge is -2.44. The quantitative estimate of drug-likeness (QED) is 0.867. The molecule has 3 heterocycles. The van der Waals surface area contributed by atoms with Crippen molar-refractivity contribution in [3.8, 4) is 0 Å². The normalized spacial score (nSPS) is 28.8. The highest BCUT2D eigenvalue weighted by atomic mass is 16.3. The second kappa shape index (κ2) is 5.95. The summed E-state index contributed by atoms with van der Waals surface area (Å²) in [5, 5.41) is 3.23. The molecule has 1 aliphatic carbocycles. The molecule has 2 atom stereocenters. The smallest absolute Gasteiger partial charge is 0.317 e. The third-order valence-corrected chi connectivity index (χ3v) is 5.47. The van der Waals surface area contributed by atoms with E-state index in [-0.39, 0.29) is 12.1 Å². The van der Waals surface area contributed by atoms with Gasteiger partial charge in [0.15, 0.2) is 0 Å². The van der Waals surface area contributed by atoms with Gasteiger partial charge < -0.3 is 14.6 Å². The number of aryl methyl sites for hydroxylation is 1. The van der Waals surface area contributed by atoms with Gasteiger partial charge in [-0.2, -0.15) is 0 Å². The van der Waals surface area contributed by atoms with Crippen molar-refractivity contribution in [1.29, 1.82) is 0 Å². The molecule has 0 aromatic carbocycles. The molecule has 3 aliphatic rings. The van der Waals surface area contributed by atoms with Gasteiger partial charge in [0.1, 0.15) is 5.76 Å². The Bertz CT molecular complexity index is 542. The van der Waals surface area contributed by atoms with Gasteiger partial charge in [-0.1, -0.05) is 6.42 Å². The molecule has 2 saturated heterocycles. The number of carbonyl (C=O) groups is 1. The van der Waals surface area contributed by atoms with Gasteiger partial charge in [0.05, 0.1) is 12.3 Å². The highest BCUT2D eigenvalue weighted by Gasteiger charge is 2.32. The van der Waals surface area contributed by atoms with Crippen molar-refractivity contribution >= 4 is 6.03 Å². The van der Waals surface area contributed by atoms with E-state index in [0.717, 1.165) is 44.7 Å². The zero-order valence-corrected chi connectivity index (χ0v) is 13.1. The largest absolute Gasteiger partial charge is 0.469 e. The maximum atomic E-state index is 12.6. The molecule has 0 saturated carbocycles. The van der Waals surface area contributed by atoms with E-state index in [1.165, 1.54) is 31.4 Å². The number of rotatable bonds is 1. The van der Waals surface area contributed by atoms with Gasteiger partial charge in [0, 0.05) is 37.7 Å². The molecule has 120 valence electrons. The molecule has 2 amide bonds. The predicted octanol–water partition coefficient (Wildman–Crippen LogP) is 2.54. The fraction of sp³-hybridized carbons (Fsp3) is 0.706. The number of hydrogen-bond acceptors (Lipinski definition) is 3. The lowest BCUT2D eigenvalue weighted by Crippen LogP contribution is -2.58. The van der Waals surface area contributed by atoms with Crippen LogP contribution in [0.3, 0.4) is 0 Å². The zero-order valence-electron chi connectivity index (χ0n) is 13.1. The molecule has 2 fully saturated rings. The monoisotopic (exact) mass is 303 g/mol. The molecule has 2 aliphatic heterocycles. The van der Waals surface area contributed by atoms with Gasteiger partial charge in [-0.25, -0.2) is 4.79 Å². The number of fused-ring (bicyclic) bond motifs is 2. The van der Waals surface area contributed by atoms with Crippen molar-refractivity contribution in [3.63, 3.8) is 0 Å².